The Kier molecular flexibility index (Phi) is 3.50. The van der Waals surface area contributed by atoms with E-state index in [9.17, 15) is 4.79 Å². The van der Waals surface area contributed by atoms with Gasteiger partial charge >= 0.3 is 6.09 Å². The summed E-state index contributed by atoms with van der Waals surface area (Å²) >= 11 is 0. The highest BCUT2D eigenvalue weighted by atomic mass is 16.5. The molecular weight excluding hydrogens is 184 g/mol. The fraction of sp³-hybridized carbons (Fsp3) is 0.556. The second kappa shape index (κ2) is 4.64. The molecule has 1 aromatic heterocycles. The zero-order chi connectivity index (χ0) is 10.6. The predicted molar refractivity (Wildman–Crippen MR) is 49.9 cm³/mol. The van der Waals surface area contributed by atoms with E-state index < -0.39 is 6.09 Å². The molecule has 0 fully saturated rings. The normalized spacial score (nSPS) is 10.5. The smallest absolute Gasteiger partial charge is 0.405 e. The molecular formula is C9H14N2O3. The van der Waals surface area contributed by atoms with Crippen molar-refractivity contribution in [3.05, 3.63) is 17.5 Å². The van der Waals surface area contributed by atoms with Crippen LogP contribution in [0.4, 0.5) is 4.79 Å². The molecule has 0 aliphatic rings. The molecule has 1 rings (SSSR count). The fourth-order valence-corrected chi connectivity index (χ4v) is 1.12. The first-order valence-corrected chi connectivity index (χ1v) is 4.49. The summed E-state index contributed by atoms with van der Waals surface area (Å²) in [6.07, 6.45) is -0.219. The van der Waals surface area contributed by atoms with E-state index >= 15 is 0 Å². The van der Waals surface area contributed by atoms with Crippen LogP contribution in [0.2, 0.25) is 0 Å². The third-order valence-electron chi connectivity index (χ3n) is 1.64. The number of nitrogens with one attached hydrogen (secondary N) is 1. The summed E-state index contributed by atoms with van der Waals surface area (Å²) in [5, 5.41) is 14.4. The molecule has 0 aliphatic carbocycles. The SMILES string of the molecule is CC(C)Cc1cc(CNC(=O)O)on1. The van der Waals surface area contributed by atoms with E-state index in [1.54, 1.807) is 6.07 Å². The Morgan fingerprint density at radius 2 is 2.43 bits per heavy atom. The van der Waals surface area contributed by atoms with Gasteiger partial charge in [0.25, 0.3) is 0 Å². The number of hydrogen-bond acceptors (Lipinski definition) is 3. The zero-order valence-corrected chi connectivity index (χ0v) is 8.28. The second-order valence-corrected chi connectivity index (χ2v) is 3.54. The van der Waals surface area contributed by atoms with Gasteiger partial charge in [-0.25, -0.2) is 4.79 Å². The van der Waals surface area contributed by atoms with Crippen molar-refractivity contribution in [2.24, 2.45) is 5.92 Å². The summed E-state index contributed by atoms with van der Waals surface area (Å²) in [6, 6.07) is 1.77. The molecule has 0 aliphatic heterocycles. The average Bonchev–Trinajstić information content (AvgIpc) is 2.47. The summed E-state index contributed by atoms with van der Waals surface area (Å²) in [4.78, 5) is 10.2. The third kappa shape index (κ3) is 3.47. The molecule has 0 aromatic carbocycles. The van der Waals surface area contributed by atoms with Gasteiger partial charge in [-0.05, 0) is 12.3 Å². The number of nitrogens with zero attached hydrogens (tertiary/aromatic N) is 1. The van der Waals surface area contributed by atoms with Gasteiger partial charge < -0.3 is 14.9 Å². The fourth-order valence-electron chi connectivity index (χ4n) is 1.12. The first kappa shape index (κ1) is 10.6. The molecule has 1 amide bonds. The molecule has 5 heteroatoms. The molecule has 0 saturated carbocycles. The van der Waals surface area contributed by atoms with Crippen molar-refractivity contribution in [2.45, 2.75) is 26.8 Å². The van der Waals surface area contributed by atoms with Crippen LogP contribution in [0.5, 0.6) is 0 Å². The number of carboxylic acid groups (broad SMARTS) is 1. The summed E-state index contributed by atoms with van der Waals surface area (Å²) in [6.45, 7) is 4.34. The van der Waals surface area contributed by atoms with E-state index in [1.165, 1.54) is 0 Å². The molecule has 0 radical (unpaired) electrons. The Bertz CT molecular complexity index is 307. The minimum Gasteiger partial charge on any atom is -0.465 e. The van der Waals surface area contributed by atoms with E-state index in [1.807, 2.05) is 0 Å². The van der Waals surface area contributed by atoms with E-state index in [0.717, 1.165) is 12.1 Å². The van der Waals surface area contributed by atoms with Crippen LogP contribution in [-0.4, -0.2) is 16.4 Å². The Hall–Kier alpha value is -1.52. The number of aromatic nitrogens is 1. The summed E-state index contributed by atoms with van der Waals surface area (Å²) < 4.78 is 4.94. The van der Waals surface area contributed by atoms with Crippen LogP contribution in [0.3, 0.4) is 0 Å². The van der Waals surface area contributed by atoms with Crippen LogP contribution in [-0.2, 0) is 13.0 Å². The molecule has 2 N–H and O–H groups in total. The van der Waals surface area contributed by atoms with Gasteiger partial charge in [0, 0.05) is 6.07 Å². The molecule has 5 nitrogen and oxygen atoms in total. The van der Waals surface area contributed by atoms with Gasteiger partial charge in [-0.2, -0.15) is 0 Å². The molecule has 0 unspecified atom stereocenters. The van der Waals surface area contributed by atoms with Gasteiger partial charge in [0.2, 0.25) is 0 Å². The minimum atomic E-state index is -1.06. The van der Waals surface area contributed by atoms with E-state index in [2.05, 4.69) is 24.3 Å². The minimum absolute atomic E-state index is 0.167. The van der Waals surface area contributed by atoms with Crippen molar-refractivity contribution >= 4 is 6.09 Å². The maximum atomic E-state index is 10.2. The van der Waals surface area contributed by atoms with Gasteiger partial charge in [0.05, 0.1) is 12.2 Å². The molecule has 0 atom stereocenters. The number of hydrogen-bond donors (Lipinski definition) is 2. The Morgan fingerprint density at radius 1 is 1.71 bits per heavy atom. The van der Waals surface area contributed by atoms with Crippen LogP contribution in [0.15, 0.2) is 10.6 Å². The second-order valence-electron chi connectivity index (χ2n) is 3.54. The maximum absolute atomic E-state index is 10.2. The number of rotatable bonds is 4. The molecule has 78 valence electrons. The van der Waals surface area contributed by atoms with Crippen LogP contribution in [0.1, 0.15) is 25.3 Å². The lowest BCUT2D eigenvalue weighted by Gasteiger charge is -1.97. The highest BCUT2D eigenvalue weighted by Crippen LogP contribution is 2.08. The van der Waals surface area contributed by atoms with Gasteiger partial charge in [0.1, 0.15) is 0 Å². The Morgan fingerprint density at radius 3 is 3.00 bits per heavy atom. The number of carbonyl (C=O) groups is 1. The van der Waals surface area contributed by atoms with Gasteiger partial charge in [-0.15, -0.1) is 0 Å². The van der Waals surface area contributed by atoms with Gasteiger partial charge in [-0.1, -0.05) is 19.0 Å². The van der Waals surface area contributed by atoms with Crippen molar-refractivity contribution in [3.8, 4) is 0 Å². The molecule has 0 spiro atoms. The van der Waals surface area contributed by atoms with Crippen LogP contribution >= 0.6 is 0 Å². The zero-order valence-electron chi connectivity index (χ0n) is 8.28. The van der Waals surface area contributed by atoms with Crippen molar-refractivity contribution in [2.75, 3.05) is 0 Å². The lowest BCUT2D eigenvalue weighted by molar-refractivity contribution is 0.192. The summed E-state index contributed by atoms with van der Waals surface area (Å²) in [5.41, 5.74) is 0.863. The van der Waals surface area contributed by atoms with Crippen molar-refractivity contribution < 1.29 is 14.4 Å². The van der Waals surface area contributed by atoms with Crippen molar-refractivity contribution in [3.63, 3.8) is 0 Å². The van der Waals surface area contributed by atoms with Gasteiger partial charge in [-0.3, -0.25) is 0 Å². The first-order chi connectivity index (χ1) is 6.58. The highest BCUT2D eigenvalue weighted by molar-refractivity contribution is 5.64. The van der Waals surface area contributed by atoms with Crippen LogP contribution < -0.4 is 5.32 Å². The van der Waals surface area contributed by atoms with Crippen LogP contribution in [0, 0.1) is 5.92 Å². The molecule has 0 bridgehead atoms. The molecule has 1 heterocycles. The average molecular weight is 198 g/mol. The first-order valence-electron chi connectivity index (χ1n) is 4.49. The van der Waals surface area contributed by atoms with Gasteiger partial charge in [0.15, 0.2) is 5.76 Å². The Balaban J connectivity index is 2.46. The van der Waals surface area contributed by atoms with Crippen molar-refractivity contribution in [1.82, 2.24) is 10.5 Å². The molecule has 0 saturated heterocycles. The van der Waals surface area contributed by atoms with E-state index in [4.69, 9.17) is 9.63 Å². The van der Waals surface area contributed by atoms with E-state index in [0.29, 0.717) is 11.7 Å². The lowest BCUT2D eigenvalue weighted by atomic mass is 10.1. The molecule has 14 heavy (non-hydrogen) atoms. The monoisotopic (exact) mass is 198 g/mol. The lowest BCUT2D eigenvalue weighted by Crippen LogP contribution is -2.19. The summed E-state index contributed by atoms with van der Waals surface area (Å²) in [7, 11) is 0. The largest absolute Gasteiger partial charge is 0.465 e. The van der Waals surface area contributed by atoms with Crippen molar-refractivity contribution in [1.29, 1.82) is 0 Å². The van der Waals surface area contributed by atoms with E-state index in [-0.39, 0.29) is 6.54 Å². The topological polar surface area (TPSA) is 75.4 Å². The molecule has 1 aromatic rings. The third-order valence-corrected chi connectivity index (χ3v) is 1.64. The maximum Gasteiger partial charge on any atom is 0.405 e. The predicted octanol–water partition coefficient (Wildman–Crippen LogP) is 1.64. The Labute approximate surface area is 82.1 Å². The standard InChI is InChI=1S/C9H14N2O3/c1-6(2)3-7-4-8(14-11-7)5-10-9(12)13/h4,6,10H,3,5H2,1-2H3,(H,12,13). The number of amides is 1. The highest BCUT2D eigenvalue weighted by Gasteiger charge is 2.06. The van der Waals surface area contributed by atoms with Crippen LogP contribution in [0.25, 0.3) is 0 Å². The quantitative estimate of drug-likeness (QED) is 0.771. The summed E-state index contributed by atoms with van der Waals surface area (Å²) in [5.74, 6) is 1.06.